The molecule has 2 atom stereocenters. The lowest BCUT2D eigenvalue weighted by atomic mass is 9.98. The minimum Gasteiger partial charge on any atom is -0.507 e. The third-order valence-corrected chi connectivity index (χ3v) is 5.02. The number of amidine groups is 1. The maximum Gasteiger partial charge on any atom is 0.155 e. The molecule has 2 unspecified atom stereocenters. The Morgan fingerprint density at radius 2 is 1.96 bits per heavy atom. The van der Waals surface area contributed by atoms with Crippen LogP contribution >= 0.6 is 0 Å². The number of fused-ring (bicyclic) bond motifs is 1. The molecule has 24 heavy (non-hydrogen) atoms. The molecule has 3 N–H and O–H groups in total. The number of para-hydroxylation sites is 1. The molecule has 126 valence electrons. The van der Waals surface area contributed by atoms with Gasteiger partial charge in [-0.1, -0.05) is 12.1 Å². The number of nitrogens with two attached hydrogens (primary N) is 1. The van der Waals surface area contributed by atoms with Gasteiger partial charge < -0.3 is 15.7 Å². The summed E-state index contributed by atoms with van der Waals surface area (Å²) < 4.78 is 0. The number of piperidine rings is 1. The van der Waals surface area contributed by atoms with E-state index in [2.05, 4.69) is 32.3 Å². The van der Waals surface area contributed by atoms with Gasteiger partial charge in [-0.2, -0.15) is 15.3 Å². The minimum atomic E-state index is -0.223. The van der Waals surface area contributed by atoms with Gasteiger partial charge in [0.1, 0.15) is 11.6 Å². The second-order valence-corrected chi connectivity index (χ2v) is 6.66. The predicted octanol–water partition coefficient (Wildman–Crippen LogP) is 1.62. The maximum absolute atomic E-state index is 10.1. The van der Waals surface area contributed by atoms with Crippen molar-refractivity contribution in [2.45, 2.75) is 31.0 Å². The third-order valence-electron chi connectivity index (χ3n) is 5.02. The van der Waals surface area contributed by atoms with E-state index in [1.54, 1.807) is 12.1 Å². The van der Waals surface area contributed by atoms with Gasteiger partial charge in [-0.25, -0.2) is 0 Å². The average Bonchev–Trinajstić information content (AvgIpc) is 2.92. The van der Waals surface area contributed by atoms with Gasteiger partial charge in [-0.05, 0) is 51.2 Å². The van der Waals surface area contributed by atoms with E-state index in [1.165, 1.54) is 0 Å². The molecule has 0 spiro atoms. The molecular formula is C17H22N6O. The van der Waals surface area contributed by atoms with Crippen LogP contribution in [-0.2, 0) is 0 Å². The number of aromatic hydroxyl groups is 1. The summed E-state index contributed by atoms with van der Waals surface area (Å²) in [7, 11) is 2.14. The fraction of sp³-hybridized carbons (Fsp3) is 0.471. The number of hydrazone groups is 1. The van der Waals surface area contributed by atoms with Crippen LogP contribution in [0.25, 0.3) is 5.70 Å². The summed E-state index contributed by atoms with van der Waals surface area (Å²) in [4.78, 5) is 2.33. The van der Waals surface area contributed by atoms with Crippen molar-refractivity contribution in [3.8, 4) is 5.75 Å². The zero-order valence-corrected chi connectivity index (χ0v) is 13.7. The molecule has 0 aliphatic carbocycles. The molecule has 7 nitrogen and oxygen atoms in total. The standard InChI is InChI=1S/C17H22N6O/c1-22-8-6-11(7-9-22)23-14-10-13(12-4-2-3-5-15(12)24)19-20-16(14)17(18)21-23/h2-5,10-11,14,16,24H,6-9H2,1H3,(H2,18,21). The van der Waals surface area contributed by atoms with Gasteiger partial charge in [0.2, 0.25) is 0 Å². The Balaban J connectivity index is 1.62. The lowest BCUT2D eigenvalue weighted by molar-refractivity contribution is 0.109. The number of azo groups is 1. The average molecular weight is 326 g/mol. The maximum atomic E-state index is 10.1. The molecule has 1 fully saturated rings. The van der Waals surface area contributed by atoms with Gasteiger partial charge in [0.25, 0.3) is 0 Å². The van der Waals surface area contributed by atoms with Crippen LogP contribution in [-0.4, -0.2) is 59.1 Å². The van der Waals surface area contributed by atoms with Crippen LogP contribution < -0.4 is 5.73 Å². The number of rotatable bonds is 2. The van der Waals surface area contributed by atoms with Crippen LogP contribution in [0, 0.1) is 0 Å². The normalized spacial score (nSPS) is 27.8. The van der Waals surface area contributed by atoms with E-state index in [1.807, 2.05) is 18.2 Å². The SMILES string of the molecule is CN1CCC(N2N=C(N)C3N=NC(c4ccccc4O)=CC32)CC1. The van der Waals surface area contributed by atoms with E-state index in [9.17, 15) is 5.11 Å². The van der Waals surface area contributed by atoms with Crippen LogP contribution in [0.3, 0.4) is 0 Å². The number of hydrogen-bond acceptors (Lipinski definition) is 7. The topological polar surface area (TPSA) is 89.8 Å². The number of likely N-dealkylation sites (tertiary alicyclic amines) is 1. The Morgan fingerprint density at radius 3 is 2.71 bits per heavy atom. The lowest BCUT2D eigenvalue weighted by Gasteiger charge is -2.37. The molecular weight excluding hydrogens is 304 g/mol. The number of hydrogen-bond donors (Lipinski definition) is 2. The zero-order valence-electron chi connectivity index (χ0n) is 13.7. The molecule has 0 saturated carbocycles. The largest absolute Gasteiger partial charge is 0.507 e. The fourth-order valence-corrected chi connectivity index (χ4v) is 3.61. The Bertz CT molecular complexity index is 720. The molecule has 0 amide bonds. The first-order valence-electron chi connectivity index (χ1n) is 8.35. The van der Waals surface area contributed by atoms with E-state index >= 15 is 0 Å². The molecule has 7 heteroatoms. The summed E-state index contributed by atoms with van der Waals surface area (Å²) >= 11 is 0. The summed E-state index contributed by atoms with van der Waals surface area (Å²) in [5.41, 5.74) is 7.46. The van der Waals surface area contributed by atoms with Crippen LogP contribution in [0.4, 0.5) is 0 Å². The first kappa shape index (κ1) is 15.1. The second-order valence-electron chi connectivity index (χ2n) is 6.66. The minimum absolute atomic E-state index is 0.0227. The number of benzene rings is 1. The summed E-state index contributed by atoms with van der Waals surface area (Å²) in [6, 6.07) is 7.30. The van der Waals surface area contributed by atoms with Crippen molar-refractivity contribution in [2.75, 3.05) is 20.1 Å². The summed E-state index contributed by atoms with van der Waals surface area (Å²) in [5, 5.41) is 25.4. The van der Waals surface area contributed by atoms with Crippen LogP contribution in [0.5, 0.6) is 5.75 Å². The highest BCUT2D eigenvalue weighted by Gasteiger charge is 2.41. The monoisotopic (exact) mass is 326 g/mol. The summed E-state index contributed by atoms with van der Waals surface area (Å²) in [6.07, 6.45) is 4.16. The van der Waals surface area contributed by atoms with Gasteiger partial charge in [0, 0.05) is 5.56 Å². The van der Waals surface area contributed by atoms with E-state index < -0.39 is 0 Å². The Morgan fingerprint density at radius 1 is 1.21 bits per heavy atom. The molecule has 4 rings (SSSR count). The molecule has 3 aliphatic rings. The second kappa shape index (κ2) is 5.90. The van der Waals surface area contributed by atoms with Crippen molar-refractivity contribution < 1.29 is 5.11 Å². The van der Waals surface area contributed by atoms with Gasteiger partial charge >= 0.3 is 0 Å². The van der Waals surface area contributed by atoms with Crippen molar-refractivity contribution in [3.63, 3.8) is 0 Å². The zero-order chi connectivity index (χ0) is 16.7. The molecule has 0 bridgehead atoms. The van der Waals surface area contributed by atoms with Gasteiger partial charge in [0.15, 0.2) is 6.04 Å². The van der Waals surface area contributed by atoms with E-state index in [-0.39, 0.29) is 17.8 Å². The molecule has 3 aliphatic heterocycles. The smallest absolute Gasteiger partial charge is 0.155 e. The highest BCUT2D eigenvalue weighted by atomic mass is 16.3. The van der Waals surface area contributed by atoms with Crippen LogP contribution in [0.1, 0.15) is 18.4 Å². The quantitative estimate of drug-likeness (QED) is 0.864. The van der Waals surface area contributed by atoms with Crippen molar-refractivity contribution >= 4 is 11.5 Å². The van der Waals surface area contributed by atoms with Gasteiger partial charge in [0.05, 0.1) is 17.8 Å². The third kappa shape index (κ3) is 2.54. The molecule has 3 heterocycles. The number of nitrogens with zero attached hydrogens (tertiary/aromatic N) is 5. The van der Waals surface area contributed by atoms with Crippen molar-refractivity contribution in [2.24, 2.45) is 21.1 Å². The highest BCUT2D eigenvalue weighted by molar-refractivity contribution is 5.89. The van der Waals surface area contributed by atoms with Gasteiger partial charge in [-0.15, -0.1) is 0 Å². The van der Waals surface area contributed by atoms with Crippen molar-refractivity contribution in [1.29, 1.82) is 0 Å². The van der Waals surface area contributed by atoms with Crippen LogP contribution in [0.2, 0.25) is 0 Å². The predicted molar refractivity (Wildman–Crippen MR) is 92.5 cm³/mol. The van der Waals surface area contributed by atoms with E-state index in [0.29, 0.717) is 23.1 Å². The van der Waals surface area contributed by atoms with E-state index in [4.69, 9.17) is 5.73 Å². The molecule has 0 aromatic heterocycles. The first-order valence-corrected chi connectivity index (χ1v) is 8.35. The summed E-state index contributed by atoms with van der Waals surface area (Å²) in [5.74, 6) is 0.731. The Hall–Kier alpha value is -2.41. The Kier molecular flexibility index (Phi) is 3.72. The molecule has 1 aromatic rings. The fourth-order valence-electron chi connectivity index (χ4n) is 3.61. The van der Waals surface area contributed by atoms with Crippen molar-refractivity contribution in [3.05, 3.63) is 35.9 Å². The highest BCUT2D eigenvalue weighted by Crippen LogP contribution is 2.34. The van der Waals surface area contributed by atoms with Crippen LogP contribution in [0.15, 0.2) is 45.7 Å². The first-order chi connectivity index (χ1) is 11.6. The number of phenolic OH excluding ortho intramolecular Hbond substituents is 1. The van der Waals surface area contributed by atoms with E-state index in [0.717, 1.165) is 25.9 Å². The van der Waals surface area contributed by atoms with Crippen molar-refractivity contribution in [1.82, 2.24) is 9.91 Å². The van der Waals surface area contributed by atoms with Gasteiger partial charge in [-0.3, -0.25) is 5.01 Å². The molecule has 1 saturated heterocycles. The summed E-state index contributed by atoms with van der Waals surface area (Å²) in [6.45, 7) is 2.12. The Labute approximate surface area is 141 Å². The lowest BCUT2D eigenvalue weighted by Crippen LogP contribution is -2.46. The number of phenols is 1. The molecule has 0 radical (unpaired) electrons. The molecule has 1 aromatic carbocycles.